The van der Waals surface area contributed by atoms with Crippen LogP contribution in [-0.4, -0.2) is 30.3 Å². The summed E-state index contributed by atoms with van der Waals surface area (Å²) >= 11 is 0. The molecule has 0 spiro atoms. The Morgan fingerprint density at radius 3 is 1.94 bits per heavy atom. The lowest BCUT2D eigenvalue weighted by Crippen LogP contribution is -2.38. The molecular weight excluding hydrogens is 384 g/mol. The summed E-state index contributed by atoms with van der Waals surface area (Å²) in [6, 6.07) is 33.0. The summed E-state index contributed by atoms with van der Waals surface area (Å²) in [6.07, 6.45) is 0. The maximum Gasteiger partial charge on any atom is 0.244 e. The number of anilines is 1. The summed E-state index contributed by atoms with van der Waals surface area (Å²) in [6.45, 7) is -0.0295. The number of hydrogen-bond donors (Lipinski definition) is 1. The van der Waals surface area contributed by atoms with Gasteiger partial charge in [-0.3, -0.25) is 9.59 Å². The number of nitrogens with zero attached hydrogens (tertiary/aromatic N) is 1. The highest BCUT2D eigenvalue weighted by atomic mass is 16.2. The molecule has 4 heteroatoms. The van der Waals surface area contributed by atoms with E-state index in [-0.39, 0.29) is 18.4 Å². The Kier molecular flexibility index (Phi) is 6.08. The SMILES string of the molecule is CN(CC(=O)Nc1cccc2ccccc12)C(=O)C(c1ccccc1)c1ccccc1. The van der Waals surface area contributed by atoms with E-state index in [9.17, 15) is 9.59 Å². The van der Waals surface area contributed by atoms with E-state index in [1.165, 1.54) is 4.90 Å². The average molecular weight is 409 g/mol. The fourth-order valence-corrected chi connectivity index (χ4v) is 3.81. The van der Waals surface area contributed by atoms with E-state index in [0.29, 0.717) is 0 Å². The molecule has 0 heterocycles. The summed E-state index contributed by atoms with van der Waals surface area (Å²) in [5.41, 5.74) is 2.55. The summed E-state index contributed by atoms with van der Waals surface area (Å²) in [4.78, 5) is 27.6. The average Bonchev–Trinajstić information content (AvgIpc) is 2.81. The first-order valence-electron chi connectivity index (χ1n) is 10.3. The van der Waals surface area contributed by atoms with Crippen molar-refractivity contribution in [3.63, 3.8) is 0 Å². The summed E-state index contributed by atoms with van der Waals surface area (Å²) in [5, 5.41) is 4.98. The highest BCUT2D eigenvalue weighted by Crippen LogP contribution is 2.27. The third-order valence-electron chi connectivity index (χ3n) is 5.33. The molecule has 0 fully saturated rings. The van der Waals surface area contributed by atoms with Gasteiger partial charge in [0.1, 0.15) is 0 Å². The number of carbonyl (C=O) groups is 2. The first-order valence-corrected chi connectivity index (χ1v) is 10.3. The molecule has 1 N–H and O–H groups in total. The van der Waals surface area contributed by atoms with Crippen LogP contribution in [0.25, 0.3) is 10.8 Å². The van der Waals surface area contributed by atoms with E-state index in [1.54, 1.807) is 7.05 Å². The Bertz CT molecular complexity index is 1140. The lowest BCUT2D eigenvalue weighted by atomic mass is 9.90. The highest BCUT2D eigenvalue weighted by molar-refractivity contribution is 6.03. The molecule has 0 aliphatic rings. The Labute approximate surface area is 182 Å². The number of rotatable bonds is 6. The van der Waals surface area contributed by atoms with E-state index >= 15 is 0 Å². The summed E-state index contributed by atoms with van der Waals surface area (Å²) in [7, 11) is 1.67. The molecule has 0 atom stereocenters. The van der Waals surface area contributed by atoms with Crippen LogP contribution in [-0.2, 0) is 9.59 Å². The zero-order valence-electron chi connectivity index (χ0n) is 17.4. The predicted molar refractivity (Wildman–Crippen MR) is 125 cm³/mol. The van der Waals surface area contributed by atoms with Crippen molar-refractivity contribution in [1.29, 1.82) is 0 Å². The third-order valence-corrected chi connectivity index (χ3v) is 5.33. The zero-order valence-corrected chi connectivity index (χ0v) is 17.4. The van der Waals surface area contributed by atoms with Crippen LogP contribution in [0.4, 0.5) is 5.69 Å². The molecule has 4 rings (SSSR count). The first kappa shape index (κ1) is 20.4. The van der Waals surface area contributed by atoms with Crippen molar-refractivity contribution in [1.82, 2.24) is 4.90 Å². The van der Waals surface area contributed by atoms with Gasteiger partial charge in [-0.1, -0.05) is 97.1 Å². The predicted octanol–water partition coefficient (Wildman–Crippen LogP) is 5.07. The summed E-state index contributed by atoms with van der Waals surface area (Å²) < 4.78 is 0. The van der Waals surface area contributed by atoms with E-state index in [4.69, 9.17) is 0 Å². The van der Waals surface area contributed by atoms with E-state index < -0.39 is 5.92 Å². The van der Waals surface area contributed by atoms with Gasteiger partial charge in [0.05, 0.1) is 12.5 Å². The first-order chi connectivity index (χ1) is 15.1. The van der Waals surface area contributed by atoms with Crippen LogP contribution < -0.4 is 5.32 Å². The van der Waals surface area contributed by atoms with E-state index in [2.05, 4.69) is 5.32 Å². The molecule has 4 nitrogen and oxygen atoms in total. The van der Waals surface area contributed by atoms with Crippen LogP contribution in [0.2, 0.25) is 0 Å². The van der Waals surface area contributed by atoms with Gasteiger partial charge in [0.15, 0.2) is 0 Å². The molecular formula is C27H24N2O2. The van der Waals surface area contributed by atoms with Gasteiger partial charge >= 0.3 is 0 Å². The van der Waals surface area contributed by atoms with Gasteiger partial charge in [0.2, 0.25) is 11.8 Å². The monoisotopic (exact) mass is 408 g/mol. The van der Waals surface area contributed by atoms with Crippen molar-refractivity contribution < 1.29 is 9.59 Å². The van der Waals surface area contributed by atoms with Crippen LogP contribution in [0.15, 0.2) is 103 Å². The Morgan fingerprint density at radius 2 is 1.29 bits per heavy atom. The number of nitrogens with one attached hydrogen (secondary N) is 1. The third kappa shape index (κ3) is 4.64. The Hall–Kier alpha value is -3.92. The molecule has 2 amide bonds. The normalized spacial score (nSPS) is 10.8. The minimum absolute atomic E-state index is 0.0295. The van der Waals surface area contributed by atoms with Crippen LogP contribution >= 0.6 is 0 Å². The molecule has 4 aromatic rings. The topological polar surface area (TPSA) is 49.4 Å². The molecule has 154 valence electrons. The highest BCUT2D eigenvalue weighted by Gasteiger charge is 2.26. The quantitative estimate of drug-likeness (QED) is 0.484. The number of benzene rings is 4. The maximum atomic E-state index is 13.4. The maximum absolute atomic E-state index is 13.4. The molecule has 0 saturated heterocycles. The van der Waals surface area contributed by atoms with Crippen LogP contribution in [0.3, 0.4) is 0 Å². The van der Waals surface area contributed by atoms with Gasteiger partial charge in [-0.2, -0.15) is 0 Å². The van der Waals surface area contributed by atoms with Crippen LogP contribution in [0, 0.1) is 0 Å². The van der Waals surface area contributed by atoms with E-state index in [0.717, 1.165) is 27.6 Å². The number of hydrogen-bond acceptors (Lipinski definition) is 2. The van der Waals surface area contributed by atoms with Crippen molar-refractivity contribution in [2.24, 2.45) is 0 Å². The minimum Gasteiger partial charge on any atom is -0.336 e. The van der Waals surface area contributed by atoms with Gasteiger partial charge in [0, 0.05) is 18.1 Å². The minimum atomic E-state index is -0.460. The van der Waals surface area contributed by atoms with Crippen LogP contribution in [0.1, 0.15) is 17.0 Å². The van der Waals surface area contributed by atoms with Gasteiger partial charge < -0.3 is 10.2 Å². The molecule has 0 aromatic heterocycles. The molecule has 0 aliphatic heterocycles. The zero-order chi connectivity index (χ0) is 21.6. The Balaban J connectivity index is 1.53. The fourth-order valence-electron chi connectivity index (χ4n) is 3.81. The van der Waals surface area contributed by atoms with Gasteiger partial charge in [0.25, 0.3) is 0 Å². The molecule has 0 saturated carbocycles. The molecule has 31 heavy (non-hydrogen) atoms. The molecule has 0 radical (unpaired) electrons. The number of carbonyl (C=O) groups excluding carboxylic acids is 2. The lowest BCUT2D eigenvalue weighted by molar-refractivity contribution is -0.133. The second kappa shape index (κ2) is 9.26. The Morgan fingerprint density at radius 1 is 0.742 bits per heavy atom. The molecule has 4 aromatic carbocycles. The second-order valence-corrected chi connectivity index (χ2v) is 7.52. The van der Waals surface area contributed by atoms with Crippen molar-refractivity contribution in [3.05, 3.63) is 114 Å². The second-order valence-electron chi connectivity index (χ2n) is 7.52. The van der Waals surface area contributed by atoms with Gasteiger partial charge in [-0.05, 0) is 22.6 Å². The molecule has 0 bridgehead atoms. The van der Waals surface area contributed by atoms with Gasteiger partial charge in [-0.15, -0.1) is 0 Å². The largest absolute Gasteiger partial charge is 0.336 e. The van der Waals surface area contributed by atoms with Crippen molar-refractivity contribution in [2.75, 3.05) is 18.9 Å². The van der Waals surface area contributed by atoms with Gasteiger partial charge in [-0.25, -0.2) is 0 Å². The molecule has 0 aliphatic carbocycles. The summed E-state index contributed by atoms with van der Waals surface area (Å²) in [5.74, 6) is -0.810. The molecule has 0 unspecified atom stereocenters. The number of fused-ring (bicyclic) bond motifs is 1. The lowest BCUT2D eigenvalue weighted by Gasteiger charge is -2.24. The van der Waals surface area contributed by atoms with E-state index in [1.807, 2.05) is 103 Å². The fraction of sp³-hybridized carbons (Fsp3) is 0.111. The van der Waals surface area contributed by atoms with Crippen molar-refractivity contribution in [3.8, 4) is 0 Å². The smallest absolute Gasteiger partial charge is 0.244 e. The number of amides is 2. The standard InChI is InChI=1S/C27H24N2O2/c1-29(19-25(30)28-24-18-10-16-20-11-8-9-17-23(20)24)27(31)26(21-12-4-2-5-13-21)22-14-6-3-7-15-22/h2-18,26H,19H2,1H3,(H,28,30). The van der Waals surface area contributed by atoms with Crippen LogP contribution in [0.5, 0.6) is 0 Å². The van der Waals surface area contributed by atoms with Crippen molar-refractivity contribution in [2.45, 2.75) is 5.92 Å². The van der Waals surface area contributed by atoms with Crippen molar-refractivity contribution >= 4 is 28.3 Å². The number of likely N-dealkylation sites (N-methyl/N-ethyl adjacent to an activating group) is 1.